The van der Waals surface area contributed by atoms with Gasteiger partial charge in [0.05, 0.1) is 12.1 Å². The first-order chi connectivity index (χ1) is 11.8. The van der Waals surface area contributed by atoms with Gasteiger partial charge in [-0.05, 0) is 43.8 Å². The molecule has 1 unspecified atom stereocenters. The lowest BCUT2D eigenvalue weighted by atomic mass is 9.92. The minimum atomic E-state index is -4.50. The molecule has 2 fully saturated rings. The second-order valence-electron chi connectivity index (χ2n) is 6.52. The van der Waals surface area contributed by atoms with Gasteiger partial charge in [0.1, 0.15) is 11.6 Å². The summed E-state index contributed by atoms with van der Waals surface area (Å²) >= 11 is 5.75. The number of nitrogens with one attached hydrogen (secondary N) is 2. The lowest BCUT2D eigenvalue weighted by molar-refractivity contribution is -0.137. The fourth-order valence-electron chi connectivity index (χ4n) is 3.33. The molecule has 1 saturated heterocycles. The Morgan fingerprint density at radius 2 is 2.16 bits per heavy atom. The fourth-order valence-corrected chi connectivity index (χ4v) is 3.55. The summed E-state index contributed by atoms with van der Waals surface area (Å²) in [6.45, 7) is 2.24. The molecule has 9 heteroatoms. The monoisotopic (exact) mass is 377 g/mol. The number of halogens is 4. The second kappa shape index (κ2) is 6.99. The number of rotatable bonds is 5. The quantitative estimate of drug-likeness (QED) is 0.774. The zero-order chi connectivity index (χ0) is 18.1. The first-order valence-electron chi connectivity index (χ1n) is 8.16. The Morgan fingerprint density at radius 1 is 1.44 bits per heavy atom. The van der Waals surface area contributed by atoms with Gasteiger partial charge in [-0.1, -0.05) is 11.6 Å². The lowest BCUT2D eigenvalue weighted by Crippen LogP contribution is -2.35. The van der Waals surface area contributed by atoms with Crippen LogP contribution in [0.3, 0.4) is 0 Å². The van der Waals surface area contributed by atoms with Crippen LogP contribution in [0.25, 0.3) is 0 Å². The average Bonchev–Trinajstić information content (AvgIpc) is 3.25. The maximum atomic E-state index is 12.5. The number of piperidine rings is 1. The predicted octanol–water partition coefficient (Wildman–Crippen LogP) is 2.64. The minimum absolute atomic E-state index is 0.0111. The van der Waals surface area contributed by atoms with E-state index >= 15 is 0 Å². The van der Waals surface area contributed by atoms with Gasteiger partial charge in [-0.2, -0.15) is 13.2 Å². The molecule has 2 aliphatic rings. The van der Waals surface area contributed by atoms with Crippen molar-refractivity contribution in [2.75, 3.05) is 26.2 Å². The van der Waals surface area contributed by atoms with Crippen LogP contribution in [0.4, 0.5) is 13.2 Å². The van der Waals surface area contributed by atoms with E-state index in [1.165, 1.54) is 0 Å². The predicted molar refractivity (Wildman–Crippen MR) is 85.4 cm³/mol. The average molecular weight is 378 g/mol. The van der Waals surface area contributed by atoms with Crippen molar-refractivity contribution in [3.8, 4) is 5.88 Å². The summed E-state index contributed by atoms with van der Waals surface area (Å²) in [4.78, 5) is 15.7. The molecule has 1 aliphatic carbocycles. The van der Waals surface area contributed by atoms with Gasteiger partial charge in [0, 0.05) is 12.1 Å². The Morgan fingerprint density at radius 3 is 2.80 bits per heavy atom. The molecule has 1 aliphatic heterocycles. The van der Waals surface area contributed by atoms with E-state index in [-0.39, 0.29) is 41.3 Å². The number of carbonyl (C=O) groups is 1. The Bertz CT molecular complexity index is 648. The highest BCUT2D eigenvalue weighted by atomic mass is 35.5. The largest absolute Gasteiger partial charge is 0.475 e. The third-order valence-corrected chi connectivity index (χ3v) is 5.15. The van der Waals surface area contributed by atoms with Gasteiger partial charge in [-0.3, -0.25) is 4.79 Å². The molecular weight excluding hydrogens is 359 g/mol. The summed E-state index contributed by atoms with van der Waals surface area (Å²) in [7, 11) is 0. The molecule has 1 spiro atoms. The van der Waals surface area contributed by atoms with E-state index in [1.54, 1.807) is 0 Å². The molecule has 1 aromatic heterocycles. The van der Waals surface area contributed by atoms with Crippen molar-refractivity contribution >= 4 is 17.5 Å². The van der Waals surface area contributed by atoms with Crippen molar-refractivity contribution in [3.63, 3.8) is 0 Å². The molecule has 2 heterocycles. The molecule has 1 aromatic rings. The van der Waals surface area contributed by atoms with Crippen molar-refractivity contribution in [2.45, 2.75) is 25.4 Å². The SMILES string of the molecule is O=C(NCCOc1ncc(C(F)(F)F)cc1Cl)C1CC12CCNCC2. The number of carbonyl (C=O) groups excluding carboxylic acids is 1. The highest BCUT2D eigenvalue weighted by molar-refractivity contribution is 6.31. The Hall–Kier alpha value is -1.54. The zero-order valence-corrected chi connectivity index (χ0v) is 14.2. The Labute approximate surface area is 148 Å². The smallest absolute Gasteiger partial charge is 0.417 e. The summed E-state index contributed by atoms with van der Waals surface area (Å²) in [6, 6.07) is 0.771. The van der Waals surface area contributed by atoms with Gasteiger partial charge >= 0.3 is 6.18 Å². The maximum absolute atomic E-state index is 12.5. The maximum Gasteiger partial charge on any atom is 0.417 e. The molecule has 1 amide bonds. The summed E-state index contributed by atoms with van der Waals surface area (Å²) in [6.07, 6.45) is -0.865. The number of ether oxygens (including phenoxy) is 1. The second-order valence-corrected chi connectivity index (χ2v) is 6.92. The standard InChI is InChI=1S/C16H19ClF3N3O2/c17-12-7-10(16(18,19)20)9-23-14(12)25-6-5-22-13(24)11-8-15(11)1-3-21-4-2-15/h7,9,11,21H,1-6,8H2,(H,22,24). The molecule has 0 radical (unpaired) electrons. The summed E-state index contributed by atoms with van der Waals surface area (Å²) in [5.41, 5.74) is -0.770. The number of alkyl halides is 3. The first-order valence-corrected chi connectivity index (χ1v) is 8.54. The van der Waals surface area contributed by atoms with Crippen molar-refractivity contribution in [1.82, 2.24) is 15.6 Å². The van der Waals surface area contributed by atoms with Crippen LogP contribution in [-0.2, 0) is 11.0 Å². The highest BCUT2D eigenvalue weighted by Crippen LogP contribution is 2.58. The van der Waals surface area contributed by atoms with Gasteiger partial charge in [-0.25, -0.2) is 4.98 Å². The van der Waals surface area contributed by atoms with Crippen LogP contribution < -0.4 is 15.4 Å². The Balaban J connectivity index is 1.42. The number of amides is 1. The molecule has 3 rings (SSSR count). The van der Waals surface area contributed by atoms with Crippen molar-refractivity contribution in [2.24, 2.45) is 11.3 Å². The third-order valence-electron chi connectivity index (χ3n) is 4.88. The molecule has 1 saturated carbocycles. The Kier molecular flexibility index (Phi) is 5.11. The normalized spacial score (nSPS) is 21.8. The molecule has 0 aromatic carbocycles. The molecule has 25 heavy (non-hydrogen) atoms. The van der Waals surface area contributed by atoms with Crippen LogP contribution in [-0.4, -0.2) is 37.1 Å². The minimum Gasteiger partial charge on any atom is -0.475 e. The highest BCUT2D eigenvalue weighted by Gasteiger charge is 2.57. The van der Waals surface area contributed by atoms with Crippen LogP contribution in [0.1, 0.15) is 24.8 Å². The van der Waals surface area contributed by atoms with Crippen molar-refractivity contribution in [3.05, 3.63) is 22.8 Å². The molecular formula is C16H19ClF3N3O2. The van der Waals surface area contributed by atoms with Crippen LogP contribution in [0.2, 0.25) is 5.02 Å². The number of hydrogen-bond acceptors (Lipinski definition) is 4. The van der Waals surface area contributed by atoms with E-state index in [0.29, 0.717) is 6.20 Å². The fraction of sp³-hybridized carbons (Fsp3) is 0.625. The third kappa shape index (κ3) is 4.17. The van der Waals surface area contributed by atoms with Gasteiger partial charge in [0.2, 0.25) is 11.8 Å². The summed E-state index contributed by atoms with van der Waals surface area (Å²) in [5.74, 6) is -0.00970. The zero-order valence-electron chi connectivity index (χ0n) is 13.5. The van der Waals surface area contributed by atoms with Crippen LogP contribution in [0, 0.1) is 11.3 Å². The molecule has 0 bridgehead atoms. The van der Waals surface area contributed by atoms with Gasteiger partial charge in [0.25, 0.3) is 0 Å². The number of pyridine rings is 1. The van der Waals surface area contributed by atoms with Crippen LogP contribution >= 0.6 is 11.6 Å². The lowest BCUT2D eigenvalue weighted by Gasteiger charge is -2.23. The van der Waals surface area contributed by atoms with Crippen molar-refractivity contribution < 1.29 is 22.7 Å². The number of nitrogens with zero attached hydrogens (tertiary/aromatic N) is 1. The first kappa shape index (κ1) is 18.3. The molecule has 5 nitrogen and oxygen atoms in total. The summed E-state index contributed by atoms with van der Waals surface area (Å²) in [5, 5.41) is 5.88. The van der Waals surface area contributed by atoms with Crippen LogP contribution in [0.5, 0.6) is 5.88 Å². The number of aromatic nitrogens is 1. The van der Waals surface area contributed by atoms with Gasteiger partial charge in [-0.15, -0.1) is 0 Å². The molecule has 1 atom stereocenters. The van der Waals surface area contributed by atoms with E-state index < -0.39 is 11.7 Å². The molecule has 138 valence electrons. The van der Waals surface area contributed by atoms with Gasteiger partial charge < -0.3 is 15.4 Å². The van der Waals surface area contributed by atoms with E-state index in [4.69, 9.17) is 16.3 Å². The molecule has 2 N–H and O–H groups in total. The van der Waals surface area contributed by atoms with E-state index in [2.05, 4.69) is 15.6 Å². The van der Waals surface area contributed by atoms with E-state index in [0.717, 1.165) is 38.4 Å². The topological polar surface area (TPSA) is 63.2 Å². The number of hydrogen-bond donors (Lipinski definition) is 2. The van der Waals surface area contributed by atoms with E-state index in [1.807, 2.05) is 0 Å². The van der Waals surface area contributed by atoms with E-state index in [9.17, 15) is 18.0 Å². The van der Waals surface area contributed by atoms with Gasteiger partial charge in [0.15, 0.2) is 0 Å². The summed E-state index contributed by atoms with van der Waals surface area (Å²) < 4.78 is 42.9. The van der Waals surface area contributed by atoms with Crippen LogP contribution in [0.15, 0.2) is 12.3 Å². The van der Waals surface area contributed by atoms with Crippen molar-refractivity contribution in [1.29, 1.82) is 0 Å².